The van der Waals surface area contributed by atoms with Crippen LogP contribution >= 0.6 is 11.8 Å². The molecular formula is C12H13F2NOS. The van der Waals surface area contributed by atoms with Gasteiger partial charge in [-0.05, 0) is 36.5 Å². The van der Waals surface area contributed by atoms with Crippen molar-refractivity contribution in [2.75, 3.05) is 16.8 Å². The molecule has 5 heteroatoms. The van der Waals surface area contributed by atoms with Gasteiger partial charge in [-0.2, -0.15) is 11.8 Å². The van der Waals surface area contributed by atoms with Gasteiger partial charge >= 0.3 is 0 Å². The molecule has 0 unspecified atom stereocenters. The molecule has 2 nitrogen and oxygen atoms in total. The fourth-order valence-corrected chi connectivity index (χ4v) is 2.89. The number of anilines is 1. The van der Waals surface area contributed by atoms with E-state index < -0.39 is 11.6 Å². The summed E-state index contributed by atoms with van der Waals surface area (Å²) in [4.78, 5) is 11.8. The third-order valence-corrected chi connectivity index (χ3v) is 3.83. The van der Waals surface area contributed by atoms with Gasteiger partial charge in [0.1, 0.15) is 11.6 Å². The first kappa shape index (κ1) is 12.4. The highest BCUT2D eigenvalue weighted by molar-refractivity contribution is 7.99. The Morgan fingerprint density at radius 2 is 2.00 bits per heavy atom. The lowest BCUT2D eigenvalue weighted by Crippen LogP contribution is -2.26. The van der Waals surface area contributed by atoms with Crippen LogP contribution in [0.4, 0.5) is 14.5 Å². The molecular weight excluding hydrogens is 244 g/mol. The van der Waals surface area contributed by atoms with E-state index in [4.69, 9.17) is 0 Å². The van der Waals surface area contributed by atoms with Crippen LogP contribution in [0.1, 0.15) is 12.8 Å². The smallest absolute Gasteiger partial charge is 0.227 e. The number of carbonyl (C=O) groups is 1. The van der Waals surface area contributed by atoms with Crippen LogP contribution in [-0.2, 0) is 4.79 Å². The summed E-state index contributed by atoms with van der Waals surface area (Å²) < 4.78 is 26.0. The average Bonchev–Trinajstić information content (AvgIpc) is 2.34. The van der Waals surface area contributed by atoms with Crippen molar-refractivity contribution in [2.24, 2.45) is 5.92 Å². The molecule has 1 aliphatic rings. The Morgan fingerprint density at radius 1 is 1.29 bits per heavy atom. The second-order valence-electron chi connectivity index (χ2n) is 4.00. The monoisotopic (exact) mass is 257 g/mol. The summed E-state index contributed by atoms with van der Waals surface area (Å²) in [5.41, 5.74) is 0.0506. The molecule has 1 N–H and O–H groups in total. The first-order valence-corrected chi connectivity index (χ1v) is 6.66. The summed E-state index contributed by atoms with van der Waals surface area (Å²) in [7, 11) is 0. The van der Waals surface area contributed by atoms with E-state index in [1.54, 1.807) is 0 Å². The second-order valence-corrected chi connectivity index (χ2v) is 5.22. The van der Waals surface area contributed by atoms with Crippen molar-refractivity contribution in [2.45, 2.75) is 12.8 Å². The number of halogens is 2. The zero-order valence-electron chi connectivity index (χ0n) is 9.21. The SMILES string of the molecule is O=C(Nc1ccc(F)cc1F)C1CCSCC1. The van der Waals surface area contributed by atoms with E-state index in [0.717, 1.165) is 36.5 Å². The van der Waals surface area contributed by atoms with Crippen molar-refractivity contribution < 1.29 is 13.6 Å². The molecule has 1 aromatic carbocycles. The Bertz CT molecular complexity index is 419. The number of nitrogens with one attached hydrogen (secondary N) is 1. The number of hydrogen-bond donors (Lipinski definition) is 1. The van der Waals surface area contributed by atoms with E-state index in [-0.39, 0.29) is 17.5 Å². The lowest BCUT2D eigenvalue weighted by atomic mass is 10.0. The summed E-state index contributed by atoms with van der Waals surface area (Å²) in [5, 5.41) is 2.52. The van der Waals surface area contributed by atoms with Gasteiger partial charge in [-0.15, -0.1) is 0 Å². The molecule has 2 rings (SSSR count). The van der Waals surface area contributed by atoms with Gasteiger partial charge < -0.3 is 5.32 Å². The molecule has 92 valence electrons. The minimum Gasteiger partial charge on any atom is -0.323 e. The summed E-state index contributed by atoms with van der Waals surface area (Å²) in [5.74, 6) is 0.322. The van der Waals surface area contributed by atoms with Crippen molar-refractivity contribution >= 4 is 23.4 Å². The highest BCUT2D eigenvalue weighted by Gasteiger charge is 2.22. The van der Waals surface area contributed by atoms with E-state index in [2.05, 4.69) is 5.32 Å². The maximum absolute atomic E-state index is 13.3. The third-order valence-electron chi connectivity index (χ3n) is 2.78. The van der Waals surface area contributed by atoms with Crippen molar-refractivity contribution in [3.8, 4) is 0 Å². The zero-order valence-corrected chi connectivity index (χ0v) is 10.0. The summed E-state index contributed by atoms with van der Waals surface area (Å²) in [6, 6.07) is 3.15. The predicted molar refractivity (Wildman–Crippen MR) is 65.0 cm³/mol. The maximum atomic E-state index is 13.3. The Kier molecular flexibility index (Phi) is 3.99. The molecule has 1 aliphatic heterocycles. The number of thioether (sulfide) groups is 1. The molecule has 1 heterocycles. The number of benzene rings is 1. The van der Waals surface area contributed by atoms with Gasteiger partial charge in [-0.1, -0.05) is 0 Å². The minimum atomic E-state index is -0.733. The lowest BCUT2D eigenvalue weighted by molar-refractivity contribution is -0.120. The molecule has 0 aromatic heterocycles. The molecule has 0 saturated carbocycles. The van der Waals surface area contributed by atoms with Crippen LogP contribution in [0.2, 0.25) is 0 Å². The first-order valence-electron chi connectivity index (χ1n) is 5.50. The van der Waals surface area contributed by atoms with Crippen LogP contribution < -0.4 is 5.32 Å². The highest BCUT2D eigenvalue weighted by Crippen LogP contribution is 2.24. The minimum absolute atomic E-state index is 0.0506. The molecule has 1 fully saturated rings. The number of hydrogen-bond acceptors (Lipinski definition) is 2. The number of amides is 1. The lowest BCUT2D eigenvalue weighted by Gasteiger charge is -2.20. The molecule has 1 saturated heterocycles. The van der Waals surface area contributed by atoms with E-state index in [0.29, 0.717) is 0 Å². The van der Waals surface area contributed by atoms with Crippen LogP contribution in [0.3, 0.4) is 0 Å². The van der Waals surface area contributed by atoms with Crippen LogP contribution in [0.25, 0.3) is 0 Å². The molecule has 1 aromatic rings. The van der Waals surface area contributed by atoms with Crippen LogP contribution in [0, 0.1) is 17.6 Å². The number of rotatable bonds is 2. The summed E-state index contributed by atoms with van der Waals surface area (Å²) in [6.07, 6.45) is 1.64. The third kappa shape index (κ3) is 3.19. The van der Waals surface area contributed by atoms with Crippen molar-refractivity contribution in [1.82, 2.24) is 0 Å². The number of carbonyl (C=O) groups excluding carboxylic acids is 1. The van der Waals surface area contributed by atoms with Gasteiger partial charge in [0.25, 0.3) is 0 Å². The quantitative estimate of drug-likeness (QED) is 0.882. The van der Waals surface area contributed by atoms with Gasteiger partial charge in [0.15, 0.2) is 0 Å². The molecule has 0 spiro atoms. The zero-order chi connectivity index (χ0) is 12.3. The Labute approximate surface area is 103 Å². The predicted octanol–water partition coefficient (Wildman–Crippen LogP) is 3.05. The Hall–Kier alpha value is -1.10. The van der Waals surface area contributed by atoms with Crippen LogP contribution in [0.5, 0.6) is 0 Å². The topological polar surface area (TPSA) is 29.1 Å². The van der Waals surface area contributed by atoms with Crippen molar-refractivity contribution in [3.63, 3.8) is 0 Å². The fraction of sp³-hybridized carbons (Fsp3) is 0.417. The largest absolute Gasteiger partial charge is 0.323 e. The van der Waals surface area contributed by atoms with Crippen molar-refractivity contribution in [3.05, 3.63) is 29.8 Å². The van der Waals surface area contributed by atoms with E-state index >= 15 is 0 Å². The molecule has 0 atom stereocenters. The van der Waals surface area contributed by atoms with Crippen LogP contribution in [0.15, 0.2) is 18.2 Å². The normalized spacial score (nSPS) is 16.8. The van der Waals surface area contributed by atoms with Crippen LogP contribution in [-0.4, -0.2) is 17.4 Å². The highest BCUT2D eigenvalue weighted by atomic mass is 32.2. The average molecular weight is 257 g/mol. The summed E-state index contributed by atoms with van der Waals surface area (Å²) in [6.45, 7) is 0. The maximum Gasteiger partial charge on any atom is 0.227 e. The molecule has 0 radical (unpaired) electrons. The molecule has 17 heavy (non-hydrogen) atoms. The summed E-state index contributed by atoms with van der Waals surface area (Å²) >= 11 is 1.82. The fourth-order valence-electron chi connectivity index (χ4n) is 1.79. The Morgan fingerprint density at radius 3 is 2.65 bits per heavy atom. The standard InChI is InChI=1S/C12H13F2NOS/c13-9-1-2-11(10(14)7-9)15-12(16)8-3-5-17-6-4-8/h1-2,7-8H,3-6H2,(H,15,16). The van der Waals surface area contributed by atoms with E-state index in [9.17, 15) is 13.6 Å². The molecule has 1 amide bonds. The second kappa shape index (κ2) is 5.49. The van der Waals surface area contributed by atoms with Gasteiger partial charge in [0, 0.05) is 12.0 Å². The van der Waals surface area contributed by atoms with Crippen molar-refractivity contribution in [1.29, 1.82) is 0 Å². The first-order chi connectivity index (χ1) is 8.16. The van der Waals surface area contributed by atoms with E-state index in [1.807, 2.05) is 11.8 Å². The van der Waals surface area contributed by atoms with Gasteiger partial charge in [0.05, 0.1) is 5.69 Å². The van der Waals surface area contributed by atoms with Gasteiger partial charge in [-0.25, -0.2) is 8.78 Å². The van der Waals surface area contributed by atoms with Gasteiger partial charge in [0.2, 0.25) is 5.91 Å². The molecule has 0 aliphatic carbocycles. The van der Waals surface area contributed by atoms with Gasteiger partial charge in [-0.3, -0.25) is 4.79 Å². The molecule has 0 bridgehead atoms. The Balaban J connectivity index is 2.02. The van der Waals surface area contributed by atoms with E-state index in [1.165, 1.54) is 6.07 Å².